The van der Waals surface area contributed by atoms with Gasteiger partial charge in [0.1, 0.15) is 0 Å². The lowest BCUT2D eigenvalue weighted by Crippen LogP contribution is -2.43. The molecule has 0 aromatic heterocycles. The van der Waals surface area contributed by atoms with Crippen LogP contribution in [0.5, 0.6) is 0 Å². The molecule has 0 radical (unpaired) electrons. The first-order chi connectivity index (χ1) is 7.78. The minimum atomic E-state index is 0.633. The molecule has 2 fully saturated rings. The van der Waals surface area contributed by atoms with Crippen molar-refractivity contribution in [3.05, 3.63) is 0 Å². The van der Waals surface area contributed by atoms with E-state index in [1.165, 1.54) is 64.8 Å². The third-order valence-corrected chi connectivity index (χ3v) is 4.92. The maximum atomic E-state index is 3.50. The van der Waals surface area contributed by atoms with Gasteiger partial charge in [-0.25, -0.2) is 0 Å². The number of piperidine rings is 1. The Morgan fingerprint density at radius 3 is 2.56 bits per heavy atom. The summed E-state index contributed by atoms with van der Waals surface area (Å²) in [6.45, 7) is 11.3. The molecule has 0 aromatic carbocycles. The quantitative estimate of drug-likeness (QED) is 0.789. The van der Waals surface area contributed by atoms with Gasteiger partial charge in [-0.05, 0) is 56.7 Å². The maximum absolute atomic E-state index is 3.50. The van der Waals surface area contributed by atoms with Gasteiger partial charge in [0.15, 0.2) is 0 Å². The Hall–Kier alpha value is -0.0800. The lowest BCUT2D eigenvalue weighted by molar-refractivity contribution is 0.119. The van der Waals surface area contributed by atoms with Crippen molar-refractivity contribution >= 4 is 0 Å². The van der Waals surface area contributed by atoms with Crippen molar-refractivity contribution in [3.63, 3.8) is 0 Å². The van der Waals surface area contributed by atoms with Crippen LogP contribution in [0.4, 0.5) is 0 Å². The van der Waals surface area contributed by atoms with E-state index in [9.17, 15) is 0 Å². The zero-order valence-electron chi connectivity index (χ0n) is 11.1. The third kappa shape index (κ3) is 2.78. The summed E-state index contributed by atoms with van der Waals surface area (Å²) in [7, 11) is 0. The smallest absolute Gasteiger partial charge is 0.00389 e. The molecule has 0 aliphatic carbocycles. The zero-order valence-corrected chi connectivity index (χ0v) is 11.1. The topological polar surface area (TPSA) is 15.3 Å². The molecule has 94 valence electrons. The van der Waals surface area contributed by atoms with Crippen LogP contribution in [0, 0.1) is 11.3 Å². The highest BCUT2D eigenvalue weighted by Gasteiger charge is 2.34. The Morgan fingerprint density at radius 2 is 2.00 bits per heavy atom. The Balaban J connectivity index is 1.86. The molecule has 2 heteroatoms. The molecule has 2 heterocycles. The molecular formula is C14H28N2. The van der Waals surface area contributed by atoms with E-state index in [1.807, 2.05) is 0 Å². The monoisotopic (exact) mass is 224 g/mol. The van der Waals surface area contributed by atoms with Crippen LogP contribution in [0.3, 0.4) is 0 Å². The predicted molar refractivity (Wildman–Crippen MR) is 69.7 cm³/mol. The molecule has 0 amide bonds. The summed E-state index contributed by atoms with van der Waals surface area (Å²) >= 11 is 0. The largest absolute Gasteiger partial charge is 0.317 e. The number of rotatable bonds is 4. The van der Waals surface area contributed by atoms with Gasteiger partial charge >= 0.3 is 0 Å². The van der Waals surface area contributed by atoms with E-state index in [4.69, 9.17) is 0 Å². The summed E-state index contributed by atoms with van der Waals surface area (Å²) < 4.78 is 0. The number of nitrogens with zero attached hydrogens (tertiary/aromatic N) is 1. The molecule has 0 spiro atoms. The van der Waals surface area contributed by atoms with E-state index in [0.29, 0.717) is 5.41 Å². The molecule has 1 atom stereocenters. The lowest BCUT2D eigenvalue weighted by atomic mass is 9.76. The van der Waals surface area contributed by atoms with Gasteiger partial charge in [-0.1, -0.05) is 20.3 Å². The Labute approximate surface area is 101 Å². The van der Waals surface area contributed by atoms with Gasteiger partial charge in [-0.2, -0.15) is 0 Å². The van der Waals surface area contributed by atoms with E-state index in [1.54, 1.807) is 0 Å². The number of hydrogen-bond acceptors (Lipinski definition) is 2. The second kappa shape index (κ2) is 5.50. The number of nitrogens with one attached hydrogen (secondary N) is 1. The third-order valence-electron chi connectivity index (χ3n) is 4.92. The molecular weight excluding hydrogens is 196 g/mol. The highest BCUT2D eigenvalue weighted by Crippen LogP contribution is 2.35. The minimum absolute atomic E-state index is 0.633. The average molecular weight is 224 g/mol. The van der Waals surface area contributed by atoms with E-state index in [2.05, 4.69) is 24.1 Å². The standard InChI is InChI=1S/C14H28N2/c1-3-13-5-10-16(11-13)12-14(4-2)6-8-15-9-7-14/h13,15H,3-12H2,1-2H3. The molecule has 2 aliphatic heterocycles. The van der Waals surface area contributed by atoms with Crippen molar-refractivity contribution in [1.29, 1.82) is 0 Å². The van der Waals surface area contributed by atoms with Gasteiger partial charge in [0.2, 0.25) is 0 Å². The fourth-order valence-corrected chi connectivity index (χ4v) is 3.44. The Bertz CT molecular complexity index is 209. The molecule has 0 saturated carbocycles. The minimum Gasteiger partial charge on any atom is -0.317 e. The zero-order chi connectivity index (χ0) is 11.4. The molecule has 1 unspecified atom stereocenters. The molecule has 2 saturated heterocycles. The van der Waals surface area contributed by atoms with Crippen molar-refractivity contribution in [3.8, 4) is 0 Å². The van der Waals surface area contributed by atoms with E-state index >= 15 is 0 Å². The van der Waals surface area contributed by atoms with Crippen LogP contribution in [-0.2, 0) is 0 Å². The van der Waals surface area contributed by atoms with Crippen LogP contribution in [0.25, 0.3) is 0 Å². The van der Waals surface area contributed by atoms with E-state index < -0.39 is 0 Å². The SMILES string of the molecule is CCC1CCN(CC2(CC)CCNCC2)C1. The molecule has 0 bridgehead atoms. The second-order valence-electron chi connectivity index (χ2n) is 5.90. The van der Waals surface area contributed by atoms with Crippen LogP contribution in [-0.4, -0.2) is 37.6 Å². The first kappa shape index (κ1) is 12.4. The average Bonchev–Trinajstić information content (AvgIpc) is 2.78. The van der Waals surface area contributed by atoms with Crippen molar-refractivity contribution < 1.29 is 0 Å². The van der Waals surface area contributed by atoms with Gasteiger partial charge in [0.25, 0.3) is 0 Å². The van der Waals surface area contributed by atoms with Gasteiger partial charge in [-0.15, -0.1) is 0 Å². The molecule has 2 rings (SSSR count). The van der Waals surface area contributed by atoms with E-state index in [0.717, 1.165) is 5.92 Å². The van der Waals surface area contributed by atoms with Gasteiger partial charge < -0.3 is 10.2 Å². The van der Waals surface area contributed by atoms with Crippen molar-refractivity contribution in [2.24, 2.45) is 11.3 Å². The molecule has 2 nitrogen and oxygen atoms in total. The molecule has 0 aromatic rings. The number of hydrogen-bond donors (Lipinski definition) is 1. The summed E-state index contributed by atoms with van der Waals surface area (Å²) in [6, 6.07) is 0. The van der Waals surface area contributed by atoms with Gasteiger partial charge in [-0.3, -0.25) is 0 Å². The highest BCUT2D eigenvalue weighted by atomic mass is 15.2. The van der Waals surface area contributed by atoms with Crippen LogP contribution in [0.1, 0.15) is 46.0 Å². The molecule has 1 N–H and O–H groups in total. The first-order valence-corrected chi connectivity index (χ1v) is 7.21. The van der Waals surface area contributed by atoms with Crippen LogP contribution in [0.15, 0.2) is 0 Å². The first-order valence-electron chi connectivity index (χ1n) is 7.21. The molecule has 16 heavy (non-hydrogen) atoms. The highest BCUT2D eigenvalue weighted by molar-refractivity contribution is 4.88. The van der Waals surface area contributed by atoms with E-state index in [-0.39, 0.29) is 0 Å². The maximum Gasteiger partial charge on any atom is 0.00389 e. The summed E-state index contributed by atoms with van der Waals surface area (Å²) in [5.74, 6) is 0.982. The Kier molecular flexibility index (Phi) is 4.26. The van der Waals surface area contributed by atoms with Crippen LogP contribution >= 0.6 is 0 Å². The second-order valence-corrected chi connectivity index (χ2v) is 5.90. The summed E-state index contributed by atoms with van der Waals surface area (Å²) in [4.78, 5) is 2.74. The predicted octanol–water partition coefficient (Wildman–Crippen LogP) is 2.50. The van der Waals surface area contributed by atoms with Crippen molar-refractivity contribution in [2.75, 3.05) is 32.7 Å². The fourth-order valence-electron chi connectivity index (χ4n) is 3.44. The summed E-state index contributed by atoms with van der Waals surface area (Å²) in [6.07, 6.45) is 6.95. The van der Waals surface area contributed by atoms with Crippen LogP contribution < -0.4 is 5.32 Å². The molecule has 2 aliphatic rings. The van der Waals surface area contributed by atoms with Crippen molar-refractivity contribution in [1.82, 2.24) is 10.2 Å². The normalized spacial score (nSPS) is 30.8. The van der Waals surface area contributed by atoms with Crippen LogP contribution in [0.2, 0.25) is 0 Å². The van der Waals surface area contributed by atoms with Gasteiger partial charge in [0.05, 0.1) is 0 Å². The Morgan fingerprint density at radius 1 is 1.25 bits per heavy atom. The lowest BCUT2D eigenvalue weighted by Gasteiger charge is -2.40. The number of likely N-dealkylation sites (tertiary alicyclic amines) is 1. The fraction of sp³-hybridized carbons (Fsp3) is 1.00. The van der Waals surface area contributed by atoms with Crippen molar-refractivity contribution in [2.45, 2.75) is 46.0 Å². The van der Waals surface area contributed by atoms with Gasteiger partial charge in [0, 0.05) is 13.1 Å². The summed E-state index contributed by atoms with van der Waals surface area (Å²) in [5, 5.41) is 3.50. The summed E-state index contributed by atoms with van der Waals surface area (Å²) in [5.41, 5.74) is 0.633.